The molecule has 6 unspecified atom stereocenters. The van der Waals surface area contributed by atoms with E-state index >= 15 is 0 Å². The zero-order chi connectivity index (χ0) is 40.4. The van der Waals surface area contributed by atoms with Gasteiger partial charge in [0.1, 0.15) is 24.9 Å². The number of ether oxygens (including phenoxy) is 4. The van der Waals surface area contributed by atoms with Gasteiger partial charge in [0.2, 0.25) is 0 Å². The lowest BCUT2D eigenvalue weighted by atomic mass is 9.99. The number of aliphatic carboxylic acids is 1. The number of carbonyl (C=O) groups excluding carboxylic acids is 2. The normalized spacial score (nSPS) is 20.9. The Morgan fingerprint density at radius 3 is 1.62 bits per heavy atom. The zero-order valence-corrected chi connectivity index (χ0v) is 33.9. The van der Waals surface area contributed by atoms with Crippen LogP contribution in [0.15, 0.2) is 48.6 Å². The highest BCUT2D eigenvalue weighted by Crippen LogP contribution is 2.23. The molecule has 0 bridgehead atoms. The van der Waals surface area contributed by atoms with Crippen molar-refractivity contribution in [2.45, 2.75) is 198 Å². The summed E-state index contributed by atoms with van der Waals surface area (Å²) in [4.78, 5) is 36.7. The van der Waals surface area contributed by atoms with E-state index in [0.29, 0.717) is 12.8 Å². The summed E-state index contributed by atoms with van der Waals surface area (Å²) in [6.07, 6.45) is 30.2. The minimum absolute atomic E-state index is 0.175. The van der Waals surface area contributed by atoms with Crippen molar-refractivity contribution in [3.05, 3.63) is 48.6 Å². The van der Waals surface area contributed by atoms with E-state index in [4.69, 9.17) is 18.9 Å². The van der Waals surface area contributed by atoms with Gasteiger partial charge in [-0.2, -0.15) is 0 Å². The second-order valence-corrected chi connectivity index (χ2v) is 14.5. The van der Waals surface area contributed by atoms with Crippen molar-refractivity contribution in [1.82, 2.24) is 0 Å². The molecule has 11 nitrogen and oxygen atoms in total. The van der Waals surface area contributed by atoms with Crippen LogP contribution in [0.4, 0.5) is 0 Å². The lowest BCUT2D eigenvalue weighted by Crippen LogP contribution is -2.60. The molecule has 0 amide bonds. The molecule has 1 aliphatic heterocycles. The SMILES string of the molecule is CC/C=C\C/C=C\C/C=C\C/C=C\CCCCC(=O)OCC(COC1OC(C(=O)O)C(O)C(O)C1O)OC(=O)CCCCCCCCCCCCCCCC. The molecule has 4 N–H and O–H groups in total. The fourth-order valence-electron chi connectivity index (χ4n) is 6.10. The maximum atomic E-state index is 12.7. The minimum Gasteiger partial charge on any atom is -0.479 e. The van der Waals surface area contributed by atoms with Crippen molar-refractivity contribution in [1.29, 1.82) is 0 Å². The van der Waals surface area contributed by atoms with E-state index in [2.05, 4.69) is 62.5 Å². The Balaban J connectivity index is 2.43. The Labute approximate surface area is 331 Å². The number of hydrogen-bond acceptors (Lipinski definition) is 10. The van der Waals surface area contributed by atoms with Gasteiger partial charge in [0.25, 0.3) is 0 Å². The number of aliphatic hydroxyl groups excluding tert-OH is 3. The molecule has 1 fully saturated rings. The molecule has 0 aromatic heterocycles. The smallest absolute Gasteiger partial charge is 0.335 e. The first kappa shape index (κ1) is 50.2. The molecule has 0 aliphatic carbocycles. The van der Waals surface area contributed by atoms with Crippen LogP contribution in [0.25, 0.3) is 0 Å². The van der Waals surface area contributed by atoms with Gasteiger partial charge < -0.3 is 39.4 Å². The average molecular weight is 779 g/mol. The summed E-state index contributed by atoms with van der Waals surface area (Å²) in [5.41, 5.74) is 0. The molecule has 0 radical (unpaired) electrons. The summed E-state index contributed by atoms with van der Waals surface area (Å²) in [6, 6.07) is 0. The van der Waals surface area contributed by atoms with E-state index in [1.807, 2.05) is 0 Å². The van der Waals surface area contributed by atoms with Crippen LogP contribution < -0.4 is 0 Å². The summed E-state index contributed by atoms with van der Waals surface area (Å²) in [6.45, 7) is 3.65. The number of allylic oxidation sites excluding steroid dienone is 8. The third kappa shape index (κ3) is 26.6. The lowest BCUT2D eigenvalue weighted by Gasteiger charge is -2.38. The molecule has 316 valence electrons. The highest BCUT2D eigenvalue weighted by molar-refractivity contribution is 5.73. The molecule has 0 spiro atoms. The monoisotopic (exact) mass is 779 g/mol. The van der Waals surface area contributed by atoms with Crippen molar-refractivity contribution < 1.29 is 53.8 Å². The van der Waals surface area contributed by atoms with Gasteiger partial charge in [-0.25, -0.2) is 4.79 Å². The minimum atomic E-state index is -1.87. The van der Waals surface area contributed by atoms with Gasteiger partial charge in [0.15, 0.2) is 18.5 Å². The van der Waals surface area contributed by atoms with Crippen LogP contribution in [0.5, 0.6) is 0 Å². The largest absolute Gasteiger partial charge is 0.479 e. The van der Waals surface area contributed by atoms with Crippen LogP contribution in [-0.4, -0.2) is 88.4 Å². The van der Waals surface area contributed by atoms with E-state index < -0.39 is 61.3 Å². The number of unbranched alkanes of at least 4 members (excludes halogenated alkanes) is 15. The molecule has 1 saturated heterocycles. The van der Waals surface area contributed by atoms with Crippen molar-refractivity contribution in [3.8, 4) is 0 Å². The van der Waals surface area contributed by atoms with E-state index in [1.165, 1.54) is 64.2 Å². The second-order valence-electron chi connectivity index (χ2n) is 14.5. The molecule has 55 heavy (non-hydrogen) atoms. The number of aliphatic hydroxyl groups is 3. The first-order valence-corrected chi connectivity index (χ1v) is 21.2. The summed E-state index contributed by atoms with van der Waals surface area (Å²) in [7, 11) is 0. The van der Waals surface area contributed by atoms with Crippen LogP contribution in [-0.2, 0) is 33.3 Å². The highest BCUT2D eigenvalue weighted by atomic mass is 16.7. The molecule has 0 aromatic rings. The molecule has 1 rings (SSSR count). The average Bonchev–Trinajstić information content (AvgIpc) is 3.17. The number of carboxylic acids is 1. The third-order valence-electron chi connectivity index (χ3n) is 9.44. The predicted molar refractivity (Wildman–Crippen MR) is 215 cm³/mol. The van der Waals surface area contributed by atoms with Gasteiger partial charge in [-0.05, 0) is 51.4 Å². The number of esters is 2. The van der Waals surface area contributed by atoms with Gasteiger partial charge in [0, 0.05) is 12.8 Å². The van der Waals surface area contributed by atoms with E-state index in [1.54, 1.807) is 0 Å². The fourth-order valence-corrected chi connectivity index (χ4v) is 6.10. The standard InChI is InChI=1S/C44H74O11/c1-3-5-7-9-11-13-15-17-19-21-22-24-26-28-30-32-37(45)52-34-36(35-53-44-41(49)39(47)40(48)42(55-44)43(50)51)54-38(46)33-31-29-27-25-23-20-18-16-14-12-10-8-6-4-2/h5,7,11,13,17,19,22,24,36,39-42,44,47-49H,3-4,6,8-10,12,14-16,18,20-21,23,25-35H2,1-2H3,(H,50,51)/b7-5-,13-11-,19-17-,24-22-. The van der Waals surface area contributed by atoms with Crippen molar-refractivity contribution in [2.75, 3.05) is 13.2 Å². The van der Waals surface area contributed by atoms with Crippen LogP contribution >= 0.6 is 0 Å². The number of rotatable bonds is 34. The van der Waals surface area contributed by atoms with Crippen LogP contribution in [0.3, 0.4) is 0 Å². The Kier molecular flexibility index (Phi) is 31.4. The molecular formula is C44H74O11. The Hall–Kier alpha value is -2.83. The molecule has 1 heterocycles. The molecule has 1 aliphatic rings. The topological polar surface area (TPSA) is 169 Å². The van der Waals surface area contributed by atoms with Crippen molar-refractivity contribution in [2.24, 2.45) is 0 Å². The molecule has 0 saturated carbocycles. The highest BCUT2D eigenvalue weighted by Gasteiger charge is 2.47. The Morgan fingerprint density at radius 1 is 0.582 bits per heavy atom. The van der Waals surface area contributed by atoms with Crippen molar-refractivity contribution in [3.63, 3.8) is 0 Å². The quantitative estimate of drug-likeness (QED) is 0.0280. The number of carboxylic acid groups (broad SMARTS) is 1. The van der Waals surface area contributed by atoms with Crippen LogP contribution in [0, 0.1) is 0 Å². The molecule has 11 heteroatoms. The van der Waals surface area contributed by atoms with Crippen molar-refractivity contribution >= 4 is 17.9 Å². The third-order valence-corrected chi connectivity index (χ3v) is 9.44. The maximum absolute atomic E-state index is 12.7. The molecule has 6 atom stereocenters. The first-order valence-electron chi connectivity index (χ1n) is 21.2. The zero-order valence-electron chi connectivity index (χ0n) is 33.9. The Morgan fingerprint density at radius 2 is 1.07 bits per heavy atom. The Bertz CT molecular complexity index is 1100. The maximum Gasteiger partial charge on any atom is 0.335 e. The fraction of sp³-hybridized carbons (Fsp3) is 0.750. The predicted octanol–water partition coefficient (Wildman–Crippen LogP) is 8.59. The summed E-state index contributed by atoms with van der Waals surface area (Å²) in [5.74, 6) is -2.50. The lowest BCUT2D eigenvalue weighted by molar-refractivity contribution is -0.298. The van der Waals surface area contributed by atoms with Crippen LogP contribution in [0.1, 0.15) is 162 Å². The van der Waals surface area contributed by atoms with Gasteiger partial charge in [0.05, 0.1) is 6.61 Å². The van der Waals surface area contributed by atoms with Gasteiger partial charge in [-0.15, -0.1) is 0 Å². The first-order chi connectivity index (χ1) is 26.7. The molecular weight excluding hydrogens is 704 g/mol. The van der Waals surface area contributed by atoms with E-state index in [0.717, 1.165) is 57.8 Å². The number of carbonyl (C=O) groups is 3. The van der Waals surface area contributed by atoms with E-state index in [-0.39, 0.29) is 19.4 Å². The van der Waals surface area contributed by atoms with Gasteiger partial charge in [-0.1, -0.05) is 146 Å². The van der Waals surface area contributed by atoms with Gasteiger partial charge in [-0.3, -0.25) is 9.59 Å². The van der Waals surface area contributed by atoms with E-state index in [9.17, 15) is 34.8 Å². The summed E-state index contributed by atoms with van der Waals surface area (Å²) < 4.78 is 21.7. The number of hydrogen-bond donors (Lipinski definition) is 4. The summed E-state index contributed by atoms with van der Waals surface area (Å²) in [5, 5.41) is 39.7. The van der Waals surface area contributed by atoms with Gasteiger partial charge >= 0.3 is 17.9 Å². The van der Waals surface area contributed by atoms with Crippen LogP contribution in [0.2, 0.25) is 0 Å². The summed E-state index contributed by atoms with van der Waals surface area (Å²) >= 11 is 0. The molecule has 0 aromatic carbocycles. The second kappa shape index (κ2) is 34.4.